The van der Waals surface area contributed by atoms with Gasteiger partial charge >= 0.3 is 5.97 Å². The maximum Gasteiger partial charge on any atom is 0.303 e. The third kappa shape index (κ3) is 3.81. The molecule has 0 amide bonds. The molecule has 0 radical (unpaired) electrons. The molecule has 0 aliphatic heterocycles. The van der Waals surface area contributed by atoms with E-state index in [0.717, 1.165) is 0 Å². The van der Waals surface area contributed by atoms with E-state index in [1.807, 2.05) is 0 Å². The van der Waals surface area contributed by atoms with Gasteiger partial charge in [-0.1, -0.05) is 25.4 Å². The molecule has 0 bridgehead atoms. The molecular formula is C12H14ClFO2. The van der Waals surface area contributed by atoms with E-state index in [2.05, 4.69) is 0 Å². The van der Waals surface area contributed by atoms with E-state index in [1.165, 1.54) is 12.1 Å². The lowest BCUT2D eigenvalue weighted by Gasteiger charge is -2.22. The molecule has 88 valence electrons. The summed E-state index contributed by atoms with van der Waals surface area (Å²) in [5.41, 5.74) is -0.0316. The van der Waals surface area contributed by atoms with Gasteiger partial charge in [-0.2, -0.15) is 0 Å². The monoisotopic (exact) mass is 244 g/mol. The molecule has 1 aromatic rings. The van der Waals surface area contributed by atoms with Gasteiger partial charge in [-0.05, 0) is 35.6 Å². The second-order valence-electron chi connectivity index (χ2n) is 4.65. The van der Waals surface area contributed by atoms with Crippen LogP contribution in [0.4, 0.5) is 4.39 Å². The second-order valence-corrected chi connectivity index (χ2v) is 5.08. The van der Waals surface area contributed by atoms with Crippen LogP contribution in [0.3, 0.4) is 0 Å². The number of hydrogen-bond acceptors (Lipinski definition) is 1. The van der Waals surface area contributed by atoms with Gasteiger partial charge in [-0.3, -0.25) is 4.79 Å². The number of halogens is 2. The molecule has 0 fully saturated rings. The van der Waals surface area contributed by atoms with Gasteiger partial charge in [0.25, 0.3) is 0 Å². The number of benzene rings is 1. The normalized spacial score (nSPS) is 11.5. The first-order chi connectivity index (χ1) is 7.30. The van der Waals surface area contributed by atoms with Crippen LogP contribution >= 0.6 is 11.6 Å². The fraction of sp³-hybridized carbons (Fsp3) is 0.417. The zero-order valence-electron chi connectivity index (χ0n) is 9.26. The summed E-state index contributed by atoms with van der Waals surface area (Å²) in [6, 6.07) is 4.32. The minimum absolute atomic E-state index is 0.00104. The molecule has 16 heavy (non-hydrogen) atoms. The summed E-state index contributed by atoms with van der Waals surface area (Å²) in [5.74, 6) is -1.23. The zero-order chi connectivity index (χ0) is 12.3. The Morgan fingerprint density at radius 1 is 1.50 bits per heavy atom. The van der Waals surface area contributed by atoms with Crippen LogP contribution < -0.4 is 0 Å². The summed E-state index contributed by atoms with van der Waals surface area (Å²) in [5, 5.41) is 9.19. The summed E-state index contributed by atoms with van der Waals surface area (Å²) in [6.45, 7) is 3.59. The lowest BCUT2D eigenvalue weighted by Crippen LogP contribution is -2.20. The van der Waals surface area contributed by atoms with E-state index in [9.17, 15) is 9.18 Å². The fourth-order valence-electron chi connectivity index (χ4n) is 1.67. The molecule has 0 heterocycles. The van der Waals surface area contributed by atoms with Gasteiger partial charge in [-0.25, -0.2) is 4.39 Å². The van der Waals surface area contributed by atoms with E-state index in [0.29, 0.717) is 17.0 Å². The van der Waals surface area contributed by atoms with Gasteiger partial charge < -0.3 is 5.11 Å². The minimum atomic E-state index is -0.882. The number of aliphatic carboxylic acids is 1. The van der Waals surface area contributed by atoms with Crippen molar-refractivity contribution in [2.45, 2.75) is 26.7 Å². The van der Waals surface area contributed by atoms with Crippen molar-refractivity contribution in [3.63, 3.8) is 0 Å². The molecule has 0 saturated heterocycles. The highest BCUT2D eigenvalue weighted by molar-refractivity contribution is 6.30. The summed E-state index contributed by atoms with van der Waals surface area (Å²) in [7, 11) is 0. The standard InChI is InChI=1S/C12H14ClFO2/c1-12(2,7-11(15)16)6-8-5-9(13)3-4-10(8)14/h3-5H,6-7H2,1-2H3,(H,15,16). The van der Waals surface area contributed by atoms with E-state index in [-0.39, 0.29) is 12.2 Å². The number of carboxylic acids is 1. The van der Waals surface area contributed by atoms with Crippen molar-refractivity contribution in [1.29, 1.82) is 0 Å². The average Bonchev–Trinajstić information content (AvgIpc) is 2.08. The molecule has 1 N–H and O–H groups in total. The lowest BCUT2D eigenvalue weighted by atomic mass is 9.82. The Labute approximate surface area is 99.0 Å². The Morgan fingerprint density at radius 2 is 2.12 bits per heavy atom. The zero-order valence-corrected chi connectivity index (χ0v) is 10.0. The molecule has 0 aromatic heterocycles. The lowest BCUT2D eigenvalue weighted by molar-refractivity contribution is -0.139. The molecule has 0 saturated carbocycles. The molecule has 1 rings (SSSR count). The van der Waals surface area contributed by atoms with E-state index in [1.54, 1.807) is 19.9 Å². The number of rotatable bonds is 4. The highest BCUT2D eigenvalue weighted by atomic mass is 35.5. The second kappa shape index (κ2) is 4.83. The topological polar surface area (TPSA) is 37.3 Å². The summed E-state index contributed by atoms with van der Waals surface area (Å²) in [6.07, 6.45) is 0.352. The van der Waals surface area contributed by atoms with Crippen LogP contribution in [0.5, 0.6) is 0 Å². The third-order valence-corrected chi connectivity index (χ3v) is 2.54. The molecular weight excluding hydrogens is 231 g/mol. The van der Waals surface area contributed by atoms with Crippen LogP contribution in [0.2, 0.25) is 5.02 Å². The number of hydrogen-bond donors (Lipinski definition) is 1. The molecule has 4 heteroatoms. The van der Waals surface area contributed by atoms with E-state index < -0.39 is 11.4 Å². The highest BCUT2D eigenvalue weighted by Gasteiger charge is 2.23. The molecule has 0 aliphatic carbocycles. The molecule has 0 unspecified atom stereocenters. The first kappa shape index (κ1) is 13.0. The van der Waals surface area contributed by atoms with Gasteiger partial charge in [0.05, 0.1) is 6.42 Å². The van der Waals surface area contributed by atoms with E-state index in [4.69, 9.17) is 16.7 Å². The smallest absolute Gasteiger partial charge is 0.303 e. The van der Waals surface area contributed by atoms with Crippen molar-refractivity contribution >= 4 is 17.6 Å². The Kier molecular flexibility index (Phi) is 3.92. The van der Waals surface area contributed by atoms with Gasteiger partial charge in [0.15, 0.2) is 0 Å². The van der Waals surface area contributed by atoms with Gasteiger partial charge in [0, 0.05) is 5.02 Å². The minimum Gasteiger partial charge on any atom is -0.481 e. The van der Waals surface area contributed by atoms with Crippen molar-refractivity contribution in [1.82, 2.24) is 0 Å². The number of carboxylic acid groups (broad SMARTS) is 1. The van der Waals surface area contributed by atoms with Crippen molar-refractivity contribution in [2.24, 2.45) is 5.41 Å². The Bertz CT molecular complexity index is 402. The van der Waals surface area contributed by atoms with Gasteiger partial charge in [0.1, 0.15) is 5.82 Å². The quantitative estimate of drug-likeness (QED) is 0.880. The number of carbonyl (C=O) groups is 1. The molecule has 2 nitrogen and oxygen atoms in total. The van der Waals surface area contributed by atoms with Crippen LogP contribution in [-0.2, 0) is 11.2 Å². The Morgan fingerprint density at radius 3 is 2.69 bits per heavy atom. The van der Waals surface area contributed by atoms with Crippen LogP contribution in [0.15, 0.2) is 18.2 Å². The predicted molar refractivity (Wildman–Crippen MR) is 61.1 cm³/mol. The average molecular weight is 245 g/mol. The van der Waals surface area contributed by atoms with Crippen LogP contribution in [0, 0.1) is 11.2 Å². The highest BCUT2D eigenvalue weighted by Crippen LogP contribution is 2.28. The molecule has 0 spiro atoms. The van der Waals surface area contributed by atoms with Crippen LogP contribution in [-0.4, -0.2) is 11.1 Å². The van der Waals surface area contributed by atoms with Gasteiger partial charge in [-0.15, -0.1) is 0 Å². The van der Waals surface area contributed by atoms with Crippen molar-refractivity contribution in [2.75, 3.05) is 0 Å². The van der Waals surface area contributed by atoms with Crippen molar-refractivity contribution < 1.29 is 14.3 Å². The molecule has 0 atom stereocenters. The first-order valence-corrected chi connectivity index (χ1v) is 5.34. The summed E-state index contributed by atoms with van der Waals surface area (Å²) >= 11 is 5.77. The summed E-state index contributed by atoms with van der Waals surface area (Å²) in [4.78, 5) is 10.6. The van der Waals surface area contributed by atoms with Gasteiger partial charge in [0.2, 0.25) is 0 Å². The summed E-state index contributed by atoms with van der Waals surface area (Å²) < 4.78 is 13.4. The Balaban J connectivity index is 2.86. The fourth-order valence-corrected chi connectivity index (χ4v) is 1.86. The predicted octanol–water partition coefficient (Wildman–Crippen LogP) is 3.52. The van der Waals surface area contributed by atoms with Crippen molar-refractivity contribution in [3.05, 3.63) is 34.6 Å². The van der Waals surface area contributed by atoms with Crippen LogP contribution in [0.1, 0.15) is 25.8 Å². The molecule has 1 aromatic carbocycles. The van der Waals surface area contributed by atoms with E-state index >= 15 is 0 Å². The largest absolute Gasteiger partial charge is 0.481 e. The maximum atomic E-state index is 13.4. The first-order valence-electron chi connectivity index (χ1n) is 4.96. The van der Waals surface area contributed by atoms with Crippen molar-refractivity contribution in [3.8, 4) is 0 Å². The Hall–Kier alpha value is -1.09. The van der Waals surface area contributed by atoms with Crippen LogP contribution in [0.25, 0.3) is 0 Å². The SMILES string of the molecule is CC(C)(CC(=O)O)Cc1cc(Cl)ccc1F. The molecule has 0 aliphatic rings. The third-order valence-electron chi connectivity index (χ3n) is 2.31. The maximum absolute atomic E-state index is 13.4.